The maximum atomic E-state index is 13.1. The quantitative estimate of drug-likeness (QED) is 0.495. The van der Waals surface area contributed by atoms with Crippen LogP contribution in [0.4, 0.5) is 11.4 Å². The molecule has 2 fully saturated rings. The monoisotopic (exact) mass is 480 g/mol. The van der Waals surface area contributed by atoms with E-state index in [1.807, 2.05) is 6.07 Å². The molecule has 35 heavy (non-hydrogen) atoms. The lowest BCUT2D eigenvalue weighted by Crippen LogP contribution is -2.42. The minimum atomic E-state index is -0.788. The van der Waals surface area contributed by atoms with E-state index < -0.39 is 5.97 Å². The normalized spacial score (nSPS) is 17.2. The van der Waals surface area contributed by atoms with Crippen molar-refractivity contribution in [3.63, 3.8) is 0 Å². The summed E-state index contributed by atoms with van der Waals surface area (Å²) in [5.41, 5.74) is 3.45. The van der Waals surface area contributed by atoms with Crippen molar-refractivity contribution in [1.82, 2.24) is 9.97 Å². The summed E-state index contributed by atoms with van der Waals surface area (Å²) in [6, 6.07) is 6.47. The van der Waals surface area contributed by atoms with E-state index in [2.05, 4.69) is 46.2 Å². The number of carbonyl (C=O) groups is 2. The Labute approximate surface area is 207 Å². The molecule has 1 unspecified atom stereocenters. The zero-order valence-corrected chi connectivity index (χ0v) is 20.7. The summed E-state index contributed by atoms with van der Waals surface area (Å²) in [5, 5.41) is 12.7. The number of carboxylic acids is 1. The topological polar surface area (TPSA) is 105 Å². The van der Waals surface area contributed by atoms with Crippen LogP contribution in [0, 0.1) is 11.8 Å². The van der Waals surface area contributed by atoms with E-state index in [0.717, 1.165) is 67.9 Å². The molecule has 8 heteroatoms. The maximum Gasteiger partial charge on any atom is 0.303 e. The van der Waals surface area contributed by atoms with Gasteiger partial charge in [0.15, 0.2) is 0 Å². The van der Waals surface area contributed by atoms with Crippen LogP contribution in [0.15, 0.2) is 36.9 Å². The van der Waals surface area contributed by atoms with E-state index in [4.69, 9.17) is 4.74 Å². The van der Waals surface area contributed by atoms with Gasteiger partial charge in [0.05, 0.1) is 24.2 Å². The summed E-state index contributed by atoms with van der Waals surface area (Å²) in [7, 11) is 0. The van der Waals surface area contributed by atoms with Crippen LogP contribution >= 0.6 is 0 Å². The van der Waals surface area contributed by atoms with Crippen LogP contribution in [0.2, 0.25) is 0 Å². The summed E-state index contributed by atoms with van der Waals surface area (Å²) in [4.78, 5) is 35.1. The molecule has 2 N–H and O–H groups in total. The van der Waals surface area contributed by atoms with Gasteiger partial charge in [-0.2, -0.15) is 0 Å². The average molecular weight is 481 g/mol. The molecular formula is C27H36N4O4. The Morgan fingerprint density at radius 3 is 2.49 bits per heavy atom. The third-order valence-electron chi connectivity index (χ3n) is 6.79. The first-order valence-corrected chi connectivity index (χ1v) is 12.6. The van der Waals surface area contributed by atoms with Crippen LogP contribution in [0.25, 0.3) is 0 Å². The van der Waals surface area contributed by atoms with Crippen LogP contribution < -0.4 is 10.2 Å². The molecule has 1 aromatic heterocycles. The molecule has 4 rings (SSSR count). The van der Waals surface area contributed by atoms with Crippen LogP contribution in [0.1, 0.15) is 63.0 Å². The van der Waals surface area contributed by atoms with E-state index in [0.29, 0.717) is 17.9 Å². The number of anilines is 2. The van der Waals surface area contributed by atoms with Crippen molar-refractivity contribution in [2.24, 2.45) is 11.8 Å². The number of aromatic nitrogens is 2. The van der Waals surface area contributed by atoms with Gasteiger partial charge in [-0.3, -0.25) is 9.59 Å². The Morgan fingerprint density at radius 1 is 1.14 bits per heavy atom. The zero-order valence-electron chi connectivity index (χ0n) is 20.7. The van der Waals surface area contributed by atoms with Gasteiger partial charge in [-0.05, 0) is 66.7 Å². The molecule has 1 aliphatic heterocycles. The highest BCUT2D eigenvalue weighted by Crippen LogP contribution is 2.46. The molecular weight excluding hydrogens is 444 g/mol. The predicted octanol–water partition coefficient (Wildman–Crippen LogP) is 4.27. The first kappa shape index (κ1) is 25.1. The number of carbonyl (C=O) groups excluding carboxylic acids is 1. The van der Waals surface area contributed by atoms with E-state index >= 15 is 0 Å². The predicted molar refractivity (Wildman–Crippen MR) is 135 cm³/mol. The lowest BCUT2D eigenvalue weighted by Gasteiger charge is -2.38. The van der Waals surface area contributed by atoms with E-state index in [-0.39, 0.29) is 24.7 Å². The minimum Gasteiger partial charge on any atom is -0.481 e. The van der Waals surface area contributed by atoms with Gasteiger partial charge in [0.25, 0.3) is 0 Å². The van der Waals surface area contributed by atoms with Gasteiger partial charge in [-0.1, -0.05) is 19.9 Å². The average Bonchev–Trinajstić information content (AvgIpc) is 3.67. The zero-order chi connectivity index (χ0) is 24.8. The number of amides is 1. The fourth-order valence-electron chi connectivity index (χ4n) is 5.01. The second kappa shape index (κ2) is 11.6. The number of benzene rings is 1. The number of carboxylic acid groups (broad SMARTS) is 1. The van der Waals surface area contributed by atoms with Gasteiger partial charge in [0.2, 0.25) is 5.91 Å². The van der Waals surface area contributed by atoms with Crippen LogP contribution in [-0.4, -0.2) is 52.8 Å². The van der Waals surface area contributed by atoms with Crippen molar-refractivity contribution in [1.29, 1.82) is 0 Å². The molecule has 0 spiro atoms. The number of aliphatic carboxylic acids is 1. The highest BCUT2D eigenvalue weighted by Gasteiger charge is 2.34. The second-order valence-corrected chi connectivity index (χ2v) is 10.2. The second-order valence-electron chi connectivity index (χ2n) is 10.2. The highest BCUT2D eigenvalue weighted by atomic mass is 16.5. The van der Waals surface area contributed by atoms with Crippen molar-refractivity contribution in [3.8, 4) is 0 Å². The van der Waals surface area contributed by atoms with Crippen LogP contribution in [-0.2, 0) is 20.7 Å². The third kappa shape index (κ3) is 7.01. The molecule has 1 saturated carbocycles. The Kier molecular flexibility index (Phi) is 8.33. The molecule has 1 aliphatic carbocycles. The Hall–Kier alpha value is -3.00. The summed E-state index contributed by atoms with van der Waals surface area (Å²) in [6.45, 7) is 6.72. The fourth-order valence-corrected chi connectivity index (χ4v) is 5.01. The maximum absolute atomic E-state index is 13.1. The molecule has 2 aromatic rings. The molecule has 188 valence electrons. The number of nitrogens with one attached hydrogen (secondary N) is 1. The van der Waals surface area contributed by atoms with E-state index in [1.165, 1.54) is 6.33 Å². The van der Waals surface area contributed by atoms with Gasteiger partial charge >= 0.3 is 5.97 Å². The Morgan fingerprint density at radius 2 is 1.86 bits per heavy atom. The summed E-state index contributed by atoms with van der Waals surface area (Å²) < 4.78 is 5.61. The standard InChI is InChI=1S/C27H36N4O4/c1-18(2)16-31(22-7-9-35-10-8-22)25-6-5-21(23(13-27(33)34)20-3-4-20)12-24(25)30-26(32)11-19-14-28-17-29-15-19/h5-6,12,14-15,17-18,20,22-23H,3-4,7-11,13,16H2,1-2H3,(H,30,32)(H,33,34). The lowest BCUT2D eigenvalue weighted by molar-refractivity contribution is -0.137. The molecule has 1 saturated heterocycles. The highest BCUT2D eigenvalue weighted by molar-refractivity contribution is 5.95. The van der Waals surface area contributed by atoms with Gasteiger partial charge in [-0.15, -0.1) is 0 Å². The van der Waals surface area contributed by atoms with Crippen molar-refractivity contribution in [2.75, 3.05) is 30.0 Å². The molecule has 1 aromatic carbocycles. The summed E-state index contributed by atoms with van der Waals surface area (Å²) >= 11 is 0. The molecule has 8 nitrogen and oxygen atoms in total. The number of nitrogens with zero attached hydrogens (tertiary/aromatic N) is 3. The van der Waals surface area contributed by atoms with Gasteiger partial charge in [0.1, 0.15) is 6.33 Å². The number of ether oxygens (including phenoxy) is 1. The summed E-state index contributed by atoms with van der Waals surface area (Å²) in [5.74, 6) is -0.139. The lowest BCUT2D eigenvalue weighted by atomic mass is 9.90. The SMILES string of the molecule is CC(C)CN(c1ccc(C(CC(=O)O)C2CC2)cc1NC(=O)Cc1cncnc1)C1CCOCC1. The summed E-state index contributed by atoms with van der Waals surface area (Å²) in [6.07, 6.45) is 9.00. The Bertz CT molecular complexity index is 1000. The number of hydrogen-bond donors (Lipinski definition) is 2. The third-order valence-corrected chi connectivity index (χ3v) is 6.79. The van der Waals surface area contributed by atoms with Crippen molar-refractivity contribution < 1.29 is 19.4 Å². The van der Waals surface area contributed by atoms with Crippen molar-refractivity contribution >= 4 is 23.3 Å². The first-order chi connectivity index (χ1) is 16.9. The smallest absolute Gasteiger partial charge is 0.303 e. The van der Waals surface area contributed by atoms with Gasteiger partial charge in [0, 0.05) is 38.2 Å². The van der Waals surface area contributed by atoms with Gasteiger partial charge < -0.3 is 20.1 Å². The van der Waals surface area contributed by atoms with Crippen LogP contribution in [0.3, 0.4) is 0 Å². The molecule has 0 bridgehead atoms. The molecule has 2 aliphatic rings. The van der Waals surface area contributed by atoms with Crippen molar-refractivity contribution in [2.45, 2.75) is 64.3 Å². The molecule has 1 amide bonds. The van der Waals surface area contributed by atoms with Gasteiger partial charge in [-0.25, -0.2) is 9.97 Å². The Balaban J connectivity index is 1.67. The number of hydrogen-bond acceptors (Lipinski definition) is 6. The van der Waals surface area contributed by atoms with E-state index in [9.17, 15) is 14.7 Å². The molecule has 1 atom stereocenters. The minimum absolute atomic E-state index is 0.0404. The van der Waals surface area contributed by atoms with Crippen LogP contribution in [0.5, 0.6) is 0 Å². The van der Waals surface area contributed by atoms with Crippen molar-refractivity contribution in [3.05, 3.63) is 48.0 Å². The molecule has 0 radical (unpaired) electrons. The first-order valence-electron chi connectivity index (χ1n) is 12.6. The largest absolute Gasteiger partial charge is 0.481 e. The van der Waals surface area contributed by atoms with E-state index in [1.54, 1.807) is 12.4 Å². The fraction of sp³-hybridized carbons (Fsp3) is 0.556. The number of rotatable bonds is 11. The molecule has 2 heterocycles.